The fraction of sp³-hybridized carbons (Fsp3) is 0.462. The lowest BCUT2D eigenvalue weighted by Gasteiger charge is -2.18. The van der Waals surface area contributed by atoms with E-state index in [4.69, 9.17) is 15.7 Å². The predicted octanol–water partition coefficient (Wildman–Crippen LogP) is 1.19. The molecule has 110 valence electrons. The second-order valence-corrected chi connectivity index (χ2v) is 6.63. The van der Waals surface area contributed by atoms with E-state index < -0.39 is 10.0 Å². The third-order valence-electron chi connectivity index (χ3n) is 2.67. The monoisotopic (exact) mass is 297 g/mol. The Labute approximate surface area is 119 Å². The maximum absolute atomic E-state index is 12.4. The Morgan fingerprint density at radius 2 is 2.10 bits per heavy atom. The van der Waals surface area contributed by atoms with Gasteiger partial charge in [-0.15, -0.1) is 0 Å². The minimum absolute atomic E-state index is 0.0392. The van der Waals surface area contributed by atoms with Gasteiger partial charge in [0, 0.05) is 19.3 Å². The number of hydrogen-bond donors (Lipinski definition) is 1. The molecule has 0 aliphatic rings. The van der Waals surface area contributed by atoms with Crippen molar-refractivity contribution in [3.05, 3.63) is 23.8 Å². The summed E-state index contributed by atoms with van der Waals surface area (Å²) in [7, 11) is -2.27. The van der Waals surface area contributed by atoms with Crippen LogP contribution in [0.25, 0.3) is 0 Å². The molecule has 2 N–H and O–H groups in total. The minimum atomic E-state index is -3.72. The van der Waals surface area contributed by atoms with Crippen molar-refractivity contribution in [1.29, 1.82) is 5.26 Å². The van der Waals surface area contributed by atoms with Gasteiger partial charge in [0.2, 0.25) is 10.0 Å². The molecule has 7 heteroatoms. The zero-order valence-corrected chi connectivity index (χ0v) is 12.6. The Morgan fingerprint density at radius 1 is 1.45 bits per heavy atom. The van der Waals surface area contributed by atoms with Crippen LogP contribution in [0.4, 0.5) is 5.69 Å². The fourth-order valence-corrected chi connectivity index (χ4v) is 2.84. The second-order valence-electron chi connectivity index (χ2n) is 4.61. The first-order chi connectivity index (χ1) is 9.28. The topological polar surface area (TPSA) is 96.4 Å². The van der Waals surface area contributed by atoms with Crippen LogP contribution in [0.2, 0.25) is 0 Å². The van der Waals surface area contributed by atoms with E-state index in [0.29, 0.717) is 12.3 Å². The summed E-state index contributed by atoms with van der Waals surface area (Å²) >= 11 is 0. The molecular formula is C13H19N3O3S. The summed E-state index contributed by atoms with van der Waals surface area (Å²) in [5.41, 5.74) is 5.95. The normalized spacial score (nSPS) is 11.8. The van der Waals surface area contributed by atoms with Gasteiger partial charge in [0.25, 0.3) is 0 Å². The summed E-state index contributed by atoms with van der Waals surface area (Å²) in [4.78, 5) is -0.0405. The van der Waals surface area contributed by atoms with E-state index in [1.54, 1.807) is 0 Å². The number of nitrogen functional groups attached to an aromatic ring is 1. The van der Waals surface area contributed by atoms with E-state index in [1.165, 1.54) is 29.6 Å². The zero-order chi connectivity index (χ0) is 15.3. The lowest BCUT2D eigenvalue weighted by atomic mass is 10.2. The average molecular weight is 297 g/mol. The first kappa shape index (κ1) is 16.4. The lowest BCUT2D eigenvalue weighted by molar-refractivity contribution is 0.0737. The number of ether oxygens (including phenoxy) is 1. The molecule has 0 saturated carbocycles. The third-order valence-corrected chi connectivity index (χ3v) is 4.58. The molecule has 0 atom stereocenters. The van der Waals surface area contributed by atoms with Crippen LogP contribution in [0.5, 0.6) is 0 Å². The van der Waals surface area contributed by atoms with Gasteiger partial charge >= 0.3 is 0 Å². The van der Waals surface area contributed by atoms with Crippen LogP contribution >= 0.6 is 0 Å². The van der Waals surface area contributed by atoms with Crippen molar-refractivity contribution in [2.75, 3.05) is 25.9 Å². The first-order valence-corrected chi connectivity index (χ1v) is 7.60. The Morgan fingerprint density at radius 3 is 2.65 bits per heavy atom. The lowest BCUT2D eigenvalue weighted by Crippen LogP contribution is -2.31. The molecule has 1 rings (SSSR count). The summed E-state index contributed by atoms with van der Waals surface area (Å²) in [6.07, 6.45) is 0.0392. The van der Waals surface area contributed by atoms with Crippen molar-refractivity contribution in [2.24, 2.45) is 0 Å². The van der Waals surface area contributed by atoms with Crippen molar-refractivity contribution in [3.63, 3.8) is 0 Å². The van der Waals surface area contributed by atoms with Gasteiger partial charge in [0.15, 0.2) is 0 Å². The summed E-state index contributed by atoms with van der Waals surface area (Å²) in [5.74, 6) is 0. The quantitative estimate of drug-likeness (QED) is 0.795. The predicted molar refractivity (Wildman–Crippen MR) is 76.5 cm³/mol. The zero-order valence-electron chi connectivity index (χ0n) is 11.8. The van der Waals surface area contributed by atoms with E-state index >= 15 is 0 Å². The van der Waals surface area contributed by atoms with E-state index in [2.05, 4.69) is 0 Å². The molecule has 6 nitrogen and oxygen atoms in total. The average Bonchev–Trinajstić information content (AvgIpc) is 2.37. The highest BCUT2D eigenvalue weighted by Gasteiger charge is 2.24. The Kier molecular flexibility index (Phi) is 5.51. The van der Waals surface area contributed by atoms with Crippen molar-refractivity contribution in [3.8, 4) is 6.07 Å². The molecule has 0 fully saturated rings. The molecule has 0 unspecified atom stereocenters. The molecule has 0 bridgehead atoms. The van der Waals surface area contributed by atoms with Crippen molar-refractivity contribution < 1.29 is 13.2 Å². The van der Waals surface area contributed by atoms with Crippen LogP contribution in [-0.2, 0) is 14.8 Å². The Balaban J connectivity index is 2.96. The molecule has 0 aliphatic carbocycles. The van der Waals surface area contributed by atoms with E-state index in [-0.39, 0.29) is 23.1 Å². The maximum Gasteiger partial charge on any atom is 0.244 e. The van der Waals surface area contributed by atoms with E-state index in [0.717, 1.165) is 0 Å². The van der Waals surface area contributed by atoms with Gasteiger partial charge < -0.3 is 10.5 Å². The van der Waals surface area contributed by atoms with Crippen LogP contribution in [-0.4, -0.2) is 39.0 Å². The fourth-order valence-electron chi connectivity index (χ4n) is 1.56. The summed E-state index contributed by atoms with van der Waals surface area (Å²) in [6.45, 7) is 4.27. The molecular weight excluding hydrogens is 278 g/mol. The van der Waals surface area contributed by atoms with Gasteiger partial charge in [-0.2, -0.15) is 9.57 Å². The largest absolute Gasteiger partial charge is 0.399 e. The second kappa shape index (κ2) is 6.70. The van der Waals surface area contributed by atoms with Gasteiger partial charge in [0.05, 0.1) is 18.3 Å². The van der Waals surface area contributed by atoms with Gasteiger partial charge in [-0.25, -0.2) is 8.42 Å². The van der Waals surface area contributed by atoms with E-state index in [9.17, 15) is 8.42 Å². The van der Waals surface area contributed by atoms with Crippen LogP contribution in [0.3, 0.4) is 0 Å². The number of hydrogen-bond acceptors (Lipinski definition) is 5. The number of nitriles is 1. The van der Waals surface area contributed by atoms with Gasteiger partial charge in [-0.05, 0) is 32.0 Å². The van der Waals surface area contributed by atoms with E-state index in [1.807, 2.05) is 19.9 Å². The molecule has 0 radical (unpaired) electrons. The highest BCUT2D eigenvalue weighted by Crippen LogP contribution is 2.21. The van der Waals surface area contributed by atoms with Crippen LogP contribution in [0.1, 0.15) is 19.4 Å². The summed E-state index contributed by atoms with van der Waals surface area (Å²) in [6, 6.07) is 6.02. The number of likely N-dealkylation sites (N-methyl/N-ethyl adjacent to an activating group) is 1. The van der Waals surface area contributed by atoms with Gasteiger partial charge in [-0.1, -0.05) is 0 Å². The van der Waals surface area contributed by atoms with Crippen molar-refractivity contribution >= 4 is 15.7 Å². The van der Waals surface area contributed by atoms with Crippen molar-refractivity contribution in [1.82, 2.24) is 4.31 Å². The Bertz CT molecular complexity index is 606. The molecule has 20 heavy (non-hydrogen) atoms. The summed E-state index contributed by atoms with van der Waals surface area (Å²) in [5, 5.41) is 9.02. The highest BCUT2D eigenvalue weighted by molar-refractivity contribution is 7.89. The third kappa shape index (κ3) is 3.93. The summed E-state index contributed by atoms with van der Waals surface area (Å²) < 4.78 is 31.3. The molecule has 1 aromatic rings. The molecule has 0 aliphatic heterocycles. The molecule has 0 saturated heterocycles. The first-order valence-electron chi connectivity index (χ1n) is 6.16. The molecule has 0 amide bonds. The number of benzene rings is 1. The Hall–Kier alpha value is -1.62. The smallest absolute Gasteiger partial charge is 0.244 e. The van der Waals surface area contributed by atoms with Gasteiger partial charge in [-0.3, -0.25) is 0 Å². The minimum Gasteiger partial charge on any atom is -0.399 e. The van der Waals surface area contributed by atoms with Crippen LogP contribution in [0, 0.1) is 11.3 Å². The number of nitrogens with zero attached hydrogens (tertiary/aromatic N) is 2. The molecule has 0 heterocycles. The molecule has 0 aromatic heterocycles. The standard InChI is InChI=1S/C13H19N3O3S/c1-10(2)19-7-6-16(3)20(17,18)13-5-4-12(15)8-11(13)9-14/h4-5,8,10H,6-7,15H2,1-3H3. The number of nitrogens with two attached hydrogens (primary N) is 1. The number of anilines is 1. The van der Waals surface area contributed by atoms with Crippen LogP contribution in [0.15, 0.2) is 23.1 Å². The molecule has 0 spiro atoms. The highest BCUT2D eigenvalue weighted by atomic mass is 32.2. The number of sulfonamides is 1. The van der Waals surface area contributed by atoms with Gasteiger partial charge in [0.1, 0.15) is 11.0 Å². The molecule has 1 aromatic carbocycles. The van der Waals surface area contributed by atoms with Crippen molar-refractivity contribution in [2.45, 2.75) is 24.8 Å². The SMILES string of the molecule is CC(C)OCCN(C)S(=O)(=O)c1ccc(N)cc1C#N. The number of rotatable bonds is 6. The maximum atomic E-state index is 12.4. The van der Waals surface area contributed by atoms with Crippen LogP contribution < -0.4 is 5.73 Å².